The van der Waals surface area contributed by atoms with Gasteiger partial charge in [0, 0.05) is 32.2 Å². The zero-order chi connectivity index (χ0) is 21.5. The number of carbonyl (C=O) groups excluding carboxylic acids is 1. The molecule has 0 aromatic rings. The fourth-order valence-corrected chi connectivity index (χ4v) is 2.92. The number of carbonyl (C=O) groups is 1. The Balaban J connectivity index is 0.00000841. The molecule has 0 aromatic heterocycles. The van der Waals surface area contributed by atoms with Gasteiger partial charge in [-0.2, -0.15) is 0 Å². The van der Waals surface area contributed by atoms with Crippen LogP contribution in [0.1, 0.15) is 60.3 Å². The molecule has 2 unspecified atom stereocenters. The predicted molar refractivity (Wildman–Crippen MR) is 132 cm³/mol. The van der Waals surface area contributed by atoms with Gasteiger partial charge in [0.05, 0.1) is 25.8 Å². The first-order valence-corrected chi connectivity index (χ1v) is 11.0. The maximum Gasteiger partial charge on any atom is 0.407 e. The number of hydrogen-bond acceptors (Lipinski definition) is 5. The zero-order valence-corrected chi connectivity index (χ0v) is 21.8. The largest absolute Gasteiger partial charge is 0.444 e. The van der Waals surface area contributed by atoms with Gasteiger partial charge in [0.1, 0.15) is 5.60 Å². The van der Waals surface area contributed by atoms with Gasteiger partial charge >= 0.3 is 6.09 Å². The van der Waals surface area contributed by atoms with Gasteiger partial charge in [0.25, 0.3) is 0 Å². The van der Waals surface area contributed by atoms with E-state index >= 15 is 0 Å². The van der Waals surface area contributed by atoms with E-state index in [1.54, 1.807) is 0 Å². The summed E-state index contributed by atoms with van der Waals surface area (Å²) >= 11 is 0. The smallest absolute Gasteiger partial charge is 0.407 e. The molecular weight excluding hydrogens is 499 g/mol. The number of guanidine groups is 1. The highest BCUT2D eigenvalue weighted by Gasteiger charge is 2.19. The van der Waals surface area contributed by atoms with Crippen molar-refractivity contribution in [3.05, 3.63) is 0 Å². The van der Waals surface area contributed by atoms with E-state index in [2.05, 4.69) is 27.9 Å². The standard InChI is InChI=1S/C21H42N4O4.HI/c1-6-9-18(25-20(26)29-21(3,4)5)14-24-19(22-7-2)23-11-8-12-27-15-17-10-13-28-16-17;/h17-18H,6-16H2,1-5H3,(H,25,26)(H2,22,23,24);1H. The van der Waals surface area contributed by atoms with Crippen molar-refractivity contribution < 1.29 is 19.0 Å². The second-order valence-electron chi connectivity index (χ2n) is 8.44. The van der Waals surface area contributed by atoms with E-state index in [-0.39, 0.29) is 30.0 Å². The molecule has 1 fully saturated rings. The van der Waals surface area contributed by atoms with E-state index < -0.39 is 11.7 Å². The molecule has 8 nitrogen and oxygen atoms in total. The fourth-order valence-electron chi connectivity index (χ4n) is 2.92. The number of halogens is 1. The van der Waals surface area contributed by atoms with Crippen molar-refractivity contribution in [3.8, 4) is 0 Å². The Hall–Kier alpha value is -0.810. The number of hydrogen-bond donors (Lipinski definition) is 3. The summed E-state index contributed by atoms with van der Waals surface area (Å²) in [4.78, 5) is 16.7. The third-order valence-corrected chi connectivity index (χ3v) is 4.31. The van der Waals surface area contributed by atoms with Crippen molar-refractivity contribution in [2.45, 2.75) is 71.9 Å². The average Bonchev–Trinajstić information content (AvgIpc) is 3.14. The molecule has 0 aliphatic carbocycles. The van der Waals surface area contributed by atoms with E-state index in [9.17, 15) is 4.79 Å². The molecule has 3 N–H and O–H groups in total. The number of alkyl carbamates (subject to hydrolysis) is 1. The van der Waals surface area contributed by atoms with Crippen LogP contribution in [0.15, 0.2) is 4.99 Å². The lowest BCUT2D eigenvalue weighted by Crippen LogP contribution is -2.42. The summed E-state index contributed by atoms with van der Waals surface area (Å²) in [6.07, 6.45) is 3.43. The maximum absolute atomic E-state index is 12.0. The molecule has 0 radical (unpaired) electrons. The monoisotopic (exact) mass is 542 g/mol. The van der Waals surface area contributed by atoms with Crippen molar-refractivity contribution >= 4 is 36.0 Å². The Labute approximate surface area is 199 Å². The van der Waals surface area contributed by atoms with Crippen molar-refractivity contribution in [2.75, 3.05) is 46.1 Å². The molecule has 0 bridgehead atoms. The van der Waals surface area contributed by atoms with Crippen LogP contribution in [0, 0.1) is 5.92 Å². The molecule has 0 aromatic carbocycles. The molecule has 1 heterocycles. The molecule has 30 heavy (non-hydrogen) atoms. The number of ether oxygens (including phenoxy) is 3. The highest BCUT2D eigenvalue weighted by atomic mass is 127. The van der Waals surface area contributed by atoms with Crippen LogP contribution in [0.5, 0.6) is 0 Å². The lowest BCUT2D eigenvalue weighted by molar-refractivity contribution is 0.0503. The molecular formula is C21H43IN4O4. The maximum atomic E-state index is 12.0. The molecule has 1 aliphatic heterocycles. The SMILES string of the molecule is CCCC(CN=C(NCC)NCCCOCC1CCOC1)NC(=O)OC(C)(C)C.I. The third kappa shape index (κ3) is 15.1. The molecule has 1 rings (SSSR count). The van der Waals surface area contributed by atoms with E-state index in [1.807, 2.05) is 27.7 Å². The second kappa shape index (κ2) is 16.8. The van der Waals surface area contributed by atoms with Gasteiger partial charge < -0.3 is 30.2 Å². The number of nitrogens with zero attached hydrogens (tertiary/aromatic N) is 1. The summed E-state index contributed by atoms with van der Waals surface area (Å²) in [6, 6.07) is -0.0535. The molecule has 0 spiro atoms. The molecule has 9 heteroatoms. The summed E-state index contributed by atoms with van der Waals surface area (Å²) in [5.74, 6) is 1.30. The summed E-state index contributed by atoms with van der Waals surface area (Å²) in [5.41, 5.74) is -0.506. The van der Waals surface area contributed by atoms with Crippen LogP contribution >= 0.6 is 24.0 Å². The fraction of sp³-hybridized carbons (Fsp3) is 0.905. The van der Waals surface area contributed by atoms with E-state index in [0.29, 0.717) is 12.5 Å². The number of amides is 1. The van der Waals surface area contributed by atoms with Crippen molar-refractivity contribution in [3.63, 3.8) is 0 Å². The Morgan fingerprint density at radius 1 is 1.27 bits per heavy atom. The molecule has 178 valence electrons. The van der Waals surface area contributed by atoms with Gasteiger partial charge in [-0.05, 0) is 47.0 Å². The van der Waals surface area contributed by atoms with Crippen molar-refractivity contribution in [2.24, 2.45) is 10.9 Å². The van der Waals surface area contributed by atoms with Crippen LogP contribution in [0.25, 0.3) is 0 Å². The molecule has 2 atom stereocenters. The second-order valence-corrected chi connectivity index (χ2v) is 8.44. The predicted octanol–water partition coefficient (Wildman–Crippen LogP) is 3.30. The Kier molecular flexibility index (Phi) is 16.4. The van der Waals surface area contributed by atoms with Crippen LogP contribution in [0.3, 0.4) is 0 Å². The van der Waals surface area contributed by atoms with Gasteiger partial charge in [-0.1, -0.05) is 13.3 Å². The lowest BCUT2D eigenvalue weighted by Gasteiger charge is -2.23. The van der Waals surface area contributed by atoms with Gasteiger partial charge in [0.15, 0.2) is 5.96 Å². The average molecular weight is 543 g/mol. The minimum atomic E-state index is -0.506. The van der Waals surface area contributed by atoms with E-state index in [4.69, 9.17) is 14.2 Å². The summed E-state index contributed by atoms with van der Waals surface area (Å²) in [7, 11) is 0. The first-order valence-electron chi connectivity index (χ1n) is 11.0. The van der Waals surface area contributed by atoms with Crippen LogP contribution in [0.2, 0.25) is 0 Å². The normalized spacial score (nSPS) is 17.8. The minimum absolute atomic E-state index is 0. The Morgan fingerprint density at radius 2 is 2.03 bits per heavy atom. The Morgan fingerprint density at radius 3 is 2.63 bits per heavy atom. The van der Waals surface area contributed by atoms with E-state index in [0.717, 1.165) is 71.2 Å². The number of aliphatic imine (C=N–C) groups is 1. The molecule has 1 amide bonds. The van der Waals surface area contributed by atoms with Crippen LogP contribution in [-0.4, -0.2) is 69.8 Å². The first kappa shape index (κ1) is 29.2. The summed E-state index contributed by atoms with van der Waals surface area (Å²) in [6.45, 7) is 15.0. The summed E-state index contributed by atoms with van der Waals surface area (Å²) in [5, 5.41) is 9.50. The van der Waals surface area contributed by atoms with Gasteiger partial charge in [0.2, 0.25) is 0 Å². The zero-order valence-electron chi connectivity index (χ0n) is 19.4. The van der Waals surface area contributed by atoms with Crippen molar-refractivity contribution in [1.82, 2.24) is 16.0 Å². The third-order valence-electron chi connectivity index (χ3n) is 4.31. The van der Waals surface area contributed by atoms with Gasteiger partial charge in [-0.15, -0.1) is 24.0 Å². The van der Waals surface area contributed by atoms with Crippen LogP contribution in [0.4, 0.5) is 4.79 Å². The highest BCUT2D eigenvalue weighted by molar-refractivity contribution is 14.0. The van der Waals surface area contributed by atoms with Crippen molar-refractivity contribution in [1.29, 1.82) is 0 Å². The minimum Gasteiger partial charge on any atom is -0.444 e. The first-order chi connectivity index (χ1) is 13.8. The molecule has 1 saturated heterocycles. The van der Waals surface area contributed by atoms with E-state index in [1.165, 1.54) is 0 Å². The Bertz CT molecular complexity index is 480. The van der Waals surface area contributed by atoms with Crippen LogP contribution in [-0.2, 0) is 14.2 Å². The number of nitrogens with one attached hydrogen (secondary N) is 3. The van der Waals surface area contributed by atoms with Crippen LogP contribution < -0.4 is 16.0 Å². The molecule has 0 saturated carbocycles. The topological polar surface area (TPSA) is 93.2 Å². The van der Waals surface area contributed by atoms with Gasteiger partial charge in [-0.3, -0.25) is 4.99 Å². The summed E-state index contributed by atoms with van der Waals surface area (Å²) < 4.78 is 16.4. The highest BCUT2D eigenvalue weighted by Crippen LogP contribution is 2.12. The number of rotatable bonds is 12. The quantitative estimate of drug-likeness (QED) is 0.152. The molecule has 1 aliphatic rings. The lowest BCUT2D eigenvalue weighted by atomic mass is 10.1. The van der Waals surface area contributed by atoms with Gasteiger partial charge in [-0.25, -0.2) is 4.79 Å².